The first-order valence-electron chi connectivity index (χ1n) is 7.78. The molecule has 5 nitrogen and oxygen atoms in total. The first-order valence-corrected chi connectivity index (χ1v) is 8.57. The molecule has 6 heteroatoms. The Bertz CT molecular complexity index is 713. The zero-order valence-electron chi connectivity index (χ0n) is 13.0. The average Bonchev–Trinajstić information content (AvgIpc) is 3.04. The molecule has 1 aliphatic rings. The molecule has 0 bridgehead atoms. The Labute approximate surface area is 144 Å². The summed E-state index contributed by atoms with van der Waals surface area (Å²) in [6.45, 7) is 2.02. The lowest BCUT2D eigenvalue weighted by Crippen LogP contribution is -2.33. The number of nitrogens with zero attached hydrogens (tertiary/aromatic N) is 2. The van der Waals surface area contributed by atoms with Crippen molar-refractivity contribution >= 4 is 33.3 Å². The fraction of sp³-hybridized carbons (Fsp3) is 0.353. The van der Waals surface area contributed by atoms with Crippen molar-refractivity contribution < 1.29 is 4.79 Å². The lowest BCUT2D eigenvalue weighted by Gasteiger charge is -2.12. The van der Waals surface area contributed by atoms with Gasteiger partial charge in [-0.2, -0.15) is 0 Å². The predicted molar refractivity (Wildman–Crippen MR) is 93.9 cm³/mol. The van der Waals surface area contributed by atoms with Crippen molar-refractivity contribution in [2.45, 2.75) is 38.6 Å². The highest BCUT2D eigenvalue weighted by Gasteiger charge is 2.18. The van der Waals surface area contributed by atoms with E-state index in [0.717, 1.165) is 28.6 Å². The number of benzene rings is 1. The highest BCUT2D eigenvalue weighted by Crippen LogP contribution is 2.22. The van der Waals surface area contributed by atoms with Crippen molar-refractivity contribution in [3.8, 4) is 0 Å². The van der Waals surface area contributed by atoms with Crippen LogP contribution in [0.5, 0.6) is 0 Å². The maximum absolute atomic E-state index is 12.3. The van der Waals surface area contributed by atoms with Crippen LogP contribution in [0.1, 0.15) is 41.7 Å². The van der Waals surface area contributed by atoms with Gasteiger partial charge >= 0.3 is 0 Å². The maximum Gasteiger partial charge on any atom is 0.270 e. The van der Waals surface area contributed by atoms with E-state index in [0.29, 0.717) is 11.5 Å². The van der Waals surface area contributed by atoms with E-state index < -0.39 is 0 Å². The van der Waals surface area contributed by atoms with E-state index in [1.807, 2.05) is 25.1 Å². The molecule has 1 saturated carbocycles. The minimum atomic E-state index is -0.130. The number of carbonyl (C=O) groups excluding carboxylic acids is 1. The minimum Gasteiger partial charge on any atom is -0.348 e. The third-order valence-electron chi connectivity index (χ3n) is 4.02. The molecule has 0 unspecified atom stereocenters. The van der Waals surface area contributed by atoms with Crippen LogP contribution in [0.4, 0.5) is 11.5 Å². The molecule has 2 aromatic rings. The van der Waals surface area contributed by atoms with Crippen LogP contribution >= 0.6 is 15.9 Å². The molecule has 23 heavy (non-hydrogen) atoms. The largest absolute Gasteiger partial charge is 0.348 e. The topological polar surface area (TPSA) is 66.9 Å². The fourth-order valence-electron chi connectivity index (χ4n) is 2.75. The van der Waals surface area contributed by atoms with Crippen LogP contribution in [-0.4, -0.2) is 21.9 Å². The van der Waals surface area contributed by atoms with Crippen molar-refractivity contribution in [1.82, 2.24) is 15.3 Å². The zero-order valence-corrected chi connectivity index (χ0v) is 14.6. The van der Waals surface area contributed by atoms with Gasteiger partial charge in [-0.3, -0.25) is 4.79 Å². The van der Waals surface area contributed by atoms with E-state index in [1.54, 1.807) is 6.07 Å². The highest BCUT2D eigenvalue weighted by atomic mass is 79.9. The molecule has 0 spiro atoms. The van der Waals surface area contributed by atoms with E-state index >= 15 is 0 Å². The lowest BCUT2D eigenvalue weighted by atomic mass is 10.2. The van der Waals surface area contributed by atoms with Gasteiger partial charge in [0.25, 0.3) is 5.91 Å². The molecule has 0 radical (unpaired) electrons. The second-order valence-corrected chi connectivity index (χ2v) is 6.69. The van der Waals surface area contributed by atoms with Crippen LogP contribution in [0.15, 0.2) is 35.1 Å². The predicted octanol–water partition coefficient (Wildman–Crippen LogP) is 3.96. The monoisotopic (exact) mass is 374 g/mol. The van der Waals surface area contributed by atoms with Gasteiger partial charge in [-0.15, -0.1) is 0 Å². The summed E-state index contributed by atoms with van der Waals surface area (Å²) in [6, 6.07) is 7.92. The van der Waals surface area contributed by atoms with Gasteiger partial charge < -0.3 is 10.6 Å². The summed E-state index contributed by atoms with van der Waals surface area (Å²) in [7, 11) is 0. The molecule has 0 atom stereocenters. The average molecular weight is 375 g/mol. The Balaban J connectivity index is 1.71. The van der Waals surface area contributed by atoms with Crippen LogP contribution in [-0.2, 0) is 0 Å². The SMILES string of the molecule is Cc1cc(Nc2cc(C(=O)NC3CCCC3)ncn2)ccc1Br. The third kappa shape index (κ3) is 4.07. The minimum absolute atomic E-state index is 0.130. The number of hydrogen-bond acceptors (Lipinski definition) is 4. The van der Waals surface area contributed by atoms with E-state index in [2.05, 4.69) is 36.5 Å². The van der Waals surface area contributed by atoms with Crippen molar-refractivity contribution in [2.24, 2.45) is 0 Å². The second kappa shape index (κ2) is 7.08. The number of halogens is 1. The second-order valence-electron chi connectivity index (χ2n) is 5.83. The normalized spacial score (nSPS) is 14.7. The van der Waals surface area contributed by atoms with Gasteiger partial charge in [0.1, 0.15) is 17.8 Å². The summed E-state index contributed by atoms with van der Waals surface area (Å²) in [4.78, 5) is 20.5. The smallest absolute Gasteiger partial charge is 0.270 e. The van der Waals surface area contributed by atoms with Crippen molar-refractivity contribution in [2.75, 3.05) is 5.32 Å². The molecule has 2 N–H and O–H groups in total. The summed E-state index contributed by atoms with van der Waals surface area (Å²) in [6.07, 6.45) is 5.90. The van der Waals surface area contributed by atoms with E-state index in [9.17, 15) is 4.79 Å². The molecule has 120 valence electrons. The van der Waals surface area contributed by atoms with E-state index in [4.69, 9.17) is 0 Å². The molecule has 3 rings (SSSR count). The molecular weight excluding hydrogens is 356 g/mol. The van der Waals surface area contributed by atoms with Gasteiger partial charge in [-0.25, -0.2) is 9.97 Å². The summed E-state index contributed by atoms with van der Waals surface area (Å²) in [5, 5.41) is 6.25. The Morgan fingerprint density at radius 1 is 1.22 bits per heavy atom. The number of nitrogens with one attached hydrogen (secondary N) is 2. The standard InChI is InChI=1S/C17H19BrN4O/c1-11-8-13(6-7-14(11)18)21-16-9-15(19-10-20-16)17(23)22-12-4-2-3-5-12/h6-10,12H,2-5H2,1H3,(H,22,23)(H,19,20,21). The summed E-state index contributed by atoms with van der Waals surface area (Å²) in [5.41, 5.74) is 2.44. The Hall–Kier alpha value is -1.95. The molecule has 0 saturated heterocycles. The van der Waals surface area contributed by atoms with Crippen molar-refractivity contribution in [1.29, 1.82) is 0 Å². The molecule has 1 aromatic heterocycles. The third-order valence-corrected chi connectivity index (χ3v) is 4.91. The number of rotatable bonds is 4. The molecular formula is C17H19BrN4O. The van der Waals surface area contributed by atoms with Crippen LogP contribution in [0, 0.1) is 6.92 Å². The Morgan fingerprint density at radius 3 is 2.74 bits per heavy atom. The van der Waals surface area contributed by atoms with Crippen LogP contribution in [0.3, 0.4) is 0 Å². The molecule has 1 aromatic carbocycles. The molecule has 0 aliphatic heterocycles. The summed E-state index contributed by atoms with van der Waals surface area (Å²) < 4.78 is 1.06. The van der Waals surface area contributed by atoms with Gasteiger partial charge in [-0.1, -0.05) is 28.8 Å². The van der Waals surface area contributed by atoms with Crippen molar-refractivity contribution in [3.63, 3.8) is 0 Å². The van der Waals surface area contributed by atoms with Gasteiger partial charge in [0, 0.05) is 22.3 Å². The number of anilines is 2. The number of carbonyl (C=O) groups is 1. The molecule has 1 heterocycles. The maximum atomic E-state index is 12.3. The number of hydrogen-bond donors (Lipinski definition) is 2. The van der Waals surface area contributed by atoms with E-state index in [-0.39, 0.29) is 11.9 Å². The number of aryl methyl sites for hydroxylation is 1. The first kappa shape index (κ1) is 15.9. The summed E-state index contributed by atoms with van der Waals surface area (Å²) >= 11 is 3.48. The highest BCUT2D eigenvalue weighted by molar-refractivity contribution is 9.10. The van der Waals surface area contributed by atoms with Gasteiger partial charge in [-0.05, 0) is 43.5 Å². The Kier molecular flexibility index (Phi) is 4.91. The first-order chi connectivity index (χ1) is 11.1. The van der Waals surface area contributed by atoms with Crippen LogP contribution in [0.25, 0.3) is 0 Å². The molecule has 1 fully saturated rings. The van der Waals surface area contributed by atoms with Gasteiger partial charge in [0.2, 0.25) is 0 Å². The lowest BCUT2D eigenvalue weighted by molar-refractivity contribution is 0.0932. The van der Waals surface area contributed by atoms with E-state index in [1.165, 1.54) is 19.2 Å². The molecule has 1 aliphatic carbocycles. The number of amides is 1. The number of aromatic nitrogens is 2. The van der Waals surface area contributed by atoms with Crippen molar-refractivity contribution in [3.05, 3.63) is 46.3 Å². The fourth-order valence-corrected chi connectivity index (χ4v) is 3.00. The molecule has 1 amide bonds. The van der Waals surface area contributed by atoms with Crippen LogP contribution < -0.4 is 10.6 Å². The Morgan fingerprint density at radius 2 is 2.00 bits per heavy atom. The quantitative estimate of drug-likeness (QED) is 0.849. The summed E-state index contributed by atoms with van der Waals surface area (Å²) in [5.74, 6) is 0.479. The van der Waals surface area contributed by atoms with Crippen LogP contribution in [0.2, 0.25) is 0 Å². The van der Waals surface area contributed by atoms with Gasteiger partial charge in [0.05, 0.1) is 0 Å². The van der Waals surface area contributed by atoms with Gasteiger partial charge in [0.15, 0.2) is 0 Å². The zero-order chi connectivity index (χ0) is 16.2.